The van der Waals surface area contributed by atoms with Crippen LogP contribution in [0.1, 0.15) is 37.4 Å². The highest BCUT2D eigenvalue weighted by atomic mass is 19.4. The van der Waals surface area contributed by atoms with E-state index in [0.29, 0.717) is 5.56 Å². The molecule has 5 heteroatoms. The predicted molar refractivity (Wildman–Crippen MR) is 62.8 cm³/mol. The van der Waals surface area contributed by atoms with Crippen LogP contribution in [0.15, 0.2) is 24.3 Å². The first-order chi connectivity index (χ1) is 8.31. The van der Waals surface area contributed by atoms with Gasteiger partial charge in [-0.15, -0.1) is 0 Å². The number of halogens is 3. The third kappa shape index (κ3) is 4.76. The van der Waals surface area contributed by atoms with Gasteiger partial charge in [-0.25, -0.2) is 0 Å². The number of nitrogens with zero attached hydrogens (tertiary/aromatic N) is 1. The second kappa shape index (κ2) is 5.87. The molecule has 0 saturated heterocycles. The summed E-state index contributed by atoms with van der Waals surface area (Å²) < 4.78 is 36.5. The average molecular weight is 256 g/mol. The molecule has 0 aliphatic heterocycles. The van der Waals surface area contributed by atoms with Crippen molar-refractivity contribution in [1.82, 2.24) is 5.32 Å². The first-order valence-corrected chi connectivity index (χ1v) is 5.64. The molecular weight excluding hydrogens is 241 g/mol. The van der Waals surface area contributed by atoms with E-state index in [1.165, 1.54) is 6.92 Å². The van der Waals surface area contributed by atoms with Gasteiger partial charge in [0.2, 0.25) is 0 Å². The largest absolute Gasteiger partial charge is 0.390 e. The monoisotopic (exact) mass is 256 g/mol. The van der Waals surface area contributed by atoms with Gasteiger partial charge in [-0.05, 0) is 31.5 Å². The first-order valence-electron chi connectivity index (χ1n) is 5.64. The normalized spacial score (nSPS) is 14.9. The van der Waals surface area contributed by atoms with Crippen LogP contribution in [0.5, 0.6) is 0 Å². The molecule has 2 unspecified atom stereocenters. The van der Waals surface area contributed by atoms with E-state index < -0.39 is 18.6 Å². The van der Waals surface area contributed by atoms with Gasteiger partial charge in [-0.3, -0.25) is 0 Å². The number of nitriles is 1. The zero-order valence-corrected chi connectivity index (χ0v) is 10.3. The van der Waals surface area contributed by atoms with Crippen molar-refractivity contribution in [2.24, 2.45) is 0 Å². The topological polar surface area (TPSA) is 35.8 Å². The van der Waals surface area contributed by atoms with Gasteiger partial charge in [0, 0.05) is 12.1 Å². The number of benzene rings is 1. The summed E-state index contributed by atoms with van der Waals surface area (Å²) in [5, 5.41) is 11.5. The van der Waals surface area contributed by atoms with Gasteiger partial charge in [0.05, 0.1) is 18.1 Å². The van der Waals surface area contributed by atoms with Crippen LogP contribution in [0, 0.1) is 11.3 Å². The van der Waals surface area contributed by atoms with E-state index in [2.05, 4.69) is 5.32 Å². The number of alkyl halides is 3. The molecule has 1 N–H and O–H groups in total. The Bertz CT molecular complexity index is 417. The van der Waals surface area contributed by atoms with E-state index in [0.717, 1.165) is 5.56 Å². The molecule has 98 valence electrons. The molecule has 0 saturated carbocycles. The molecule has 1 rings (SSSR count). The summed E-state index contributed by atoms with van der Waals surface area (Å²) in [6, 6.07) is 7.97. The minimum atomic E-state index is -4.16. The lowest BCUT2D eigenvalue weighted by atomic mass is 10.1. The molecule has 0 amide bonds. The van der Waals surface area contributed by atoms with Crippen LogP contribution >= 0.6 is 0 Å². The lowest BCUT2D eigenvalue weighted by Crippen LogP contribution is -2.33. The highest BCUT2D eigenvalue weighted by Gasteiger charge is 2.30. The second-order valence-electron chi connectivity index (χ2n) is 4.34. The molecule has 0 aliphatic carbocycles. The van der Waals surface area contributed by atoms with Crippen molar-refractivity contribution in [2.45, 2.75) is 38.5 Å². The molecule has 0 bridgehead atoms. The third-order valence-corrected chi connectivity index (χ3v) is 2.61. The smallest absolute Gasteiger partial charge is 0.307 e. The molecule has 0 aliphatic rings. The van der Waals surface area contributed by atoms with Crippen molar-refractivity contribution >= 4 is 0 Å². The Morgan fingerprint density at radius 2 is 1.78 bits per heavy atom. The molecule has 1 aromatic carbocycles. The maximum Gasteiger partial charge on any atom is 0.390 e. The molecular formula is C13H15F3N2. The van der Waals surface area contributed by atoms with Crippen LogP contribution < -0.4 is 5.32 Å². The Balaban J connectivity index is 2.59. The summed E-state index contributed by atoms with van der Waals surface area (Å²) >= 11 is 0. The highest BCUT2D eigenvalue weighted by molar-refractivity contribution is 5.32. The van der Waals surface area contributed by atoms with Crippen LogP contribution in [0.25, 0.3) is 0 Å². The van der Waals surface area contributed by atoms with Gasteiger partial charge in [0.25, 0.3) is 0 Å². The fourth-order valence-electron chi connectivity index (χ4n) is 1.78. The molecule has 0 heterocycles. The van der Waals surface area contributed by atoms with E-state index in [-0.39, 0.29) is 6.04 Å². The van der Waals surface area contributed by atoms with Crippen molar-refractivity contribution in [3.63, 3.8) is 0 Å². The van der Waals surface area contributed by atoms with Gasteiger partial charge in [0.1, 0.15) is 0 Å². The van der Waals surface area contributed by atoms with E-state index in [1.54, 1.807) is 31.2 Å². The Morgan fingerprint density at radius 1 is 1.22 bits per heavy atom. The van der Waals surface area contributed by atoms with Gasteiger partial charge in [0.15, 0.2) is 0 Å². The minimum Gasteiger partial charge on any atom is -0.307 e. The summed E-state index contributed by atoms with van der Waals surface area (Å²) in [5.41, 5.74) is 1.40. The molecule has 0 fully saturated rings. The highest BCUT2D eigenvalue weighted by Crippen LogP contribution is 2.23. The fraction of sp³-hybridized carbons (Fsp3) is 0.462. The number of rotatable bonds is 4. The number of hydrogen-bond acceptors (Lipinski definition) is 2. The SMILES string of the molecule is CC(CC(F)(F)F)NC(C)c1ccc(C#N)cc1. The summed E-state index contributed by atoms with van der Waals surface area (Å²) in [4.78, 5) is 0. The number of nitrogens with one attached hydrogen (secondary N) is 1. The first kappa shape index (κ1) is 14.5. The van der Waals surface area contributed by atoms with Gasteiger partial charge < -0.3 is 5.32 Å². The zero-order valence-electron chi connectivity index (χ0n) is 10.3. The maximum atomic E-state index is 12.2. The van der Waals surface area contributed by atoms with E-state index >= 15 is 0 Å². The minimum absolute atomic E-state index is 0.185. The van der Waals surface area contributed by atoms with E-state index in [9.17, 15) is 13.2 Å². The predicted octanol–water partition coefficient (Wildman–Crippen LogP) is 3.55. The second-order valence-corrected chi connectivity index (χ2v) is 4.34. The van der Waals surface area contributed by atoms with Gasteiger partial charge in [-0.1, -0.05) is 12.1 Å². The quantitative estimate of drug-likeness (QED) is 0.894. The standard InChI is InChI=1S/C13H15F3N2/c1-9(7-13(14,15)16)18-10(2)12-5-3-11(8-17)4-6-12/h3-6,9-10,18H,7H2,1-2H3. The number of hydrogen-bond donors (Lipinski definition) is 1. The summed E-state index contributed by atoms with van der Waals surface area (Å²) in [5.74, 6) is 0. The molecule has 0 radical (unpaired) electrons. The lowest BCUT2D eigenvalue weighted by molar-refractivity contribution is -0.139. The van der Waals surface area contributed by atoms with E-state index in [4.69, 9.17) is 5.26 Å². The Kier molecular flexibility index (Phi) is 4.74. The fourth-order valence-corrected chi connectivity index (χ4v) is 1.78. The molecule has 0 spiro atoms. The third-order valence-electron chi connectivity index (χ3n) is 2.61. The zero-order chi connectivity index (χ0) is 13.8. The van der Waals surface area contributed by atoms with Crippen molar-refractivity contribution < 1.29 is 13.2 Å². The van der Waals surface area contributed by atoms with Crippen LogP contribution in [-0.2, 0) is 0 Å². The van der Waals surface area contributed by atoms with Gasteiger partial charge in [-0.2, -0.15) is 18.4 Å². The summed E-state index contributed by atoms with van der Waals surface area (Å²) in [7, 11) is 0. The van der Waals surface area contributed by atoms with Crippen LogP contribution in [0.4, 0.5) is 13.2 Å². The van der Waals surface area contributed by atoms with Crippen molar-refractivity contribution in [2.75, 3.05) is 0 Å². The van der Waals surface area contributed by atoms with Crippen molar-refractivity contribution in [1.29, 1.82) is 5.26 Å². The van der Waals surface area contributed by atoms with Crippen molar-refractivity contribution in [3.05, 3.63) is 35.4 Å². The molecule has 0 aromatic heterocycles. The lowest BCUT2D eigenvalue weighted by Gasteiger charge is -2.21. The maximum absolute atomic E-state index is 12.2. The molecule has 18 heavy (non-hydrogen) atoms. The summed E-state index contributed by atoms with van der Waals surface area (Å²) in [6.07, 6.45) is -5.01. The Morgan fingerprint density at radius 3 is 2.22 bits per heavy atom. The van der Waals surface area contributed by atoms with Crippen LogP contribution in [0.3, 0.4) is 0 Å². The van der Waals surface area contributed by atoms with Crippen LogP contribution in [-0.4, -0.2) is 12.2 Å². The van der Waals surface area contributed by atoms with Crippen LogP contribution in [0.2, 0.25) is 0 Å². The Labute approximate surface area is 104 Å². The van der Waals surface area contributed by atoms with E-state index in [1.807, 2.05) is 6.07 Å². The average Bonchev–Trinajstić information content (AvgIpc) is 2.26. The molecule has 2 atom stereocenters. The summed E-state index contributed by atoms with van der Waals surface area (Å²) in [6.45, 7) is 3.31. The van der Waals surface area contributed by atoms with Gasteiger partial charge >= 0.3 is 6.18 Å². The molecule has 2 nitrogen and oxygen atoms in total. The Hall–Kier alpha value is -1.54. The van der Waals surface area contributed by atoms with Crippen molar-refractivity contribution in [3.8, 4) is 6.07 Å². The molecule has 1 aromatic rings.